The molecule has 1 amide bonds. The molecule has 3 aliphatic rings. The summed E-state index contributed by atoms with van der Waals surface area (Å²) in [5.41, 5.74) is 1.28. The Labute approximate surface area is 184 Å². The second-order valence-electron chi connectivity index (χ2n) is 10.3. The number of phenolic OH excluding ortho intramolecular Hbond substituents is 1. The topological polar surface area (TPSA) is 67.8 Å². The minimum atomic E-state index is -0.0151. The molecular formula is C26H33NO4. The fourth-order valence-electron chi connectivity index (χ4n) is 7.08. The molecule has 2 saturated carbocycles. The van der Waals surface area contributed by atoms with Gasteiger partial charge in [0.15, 0.2) is 0 Å². The van der Waals surface area contributed by atoms with Crippen LogP contribution in [0.3, 0.4) is 0 Å². The molecule has 2 aromatic carbocycles. The van der Waals surface area contributed by atoms with Crippen molar-refractivity contribution >= 4 is 16.7 Å². The second kappa shape index (κ2) is 7.49. The summed E-state index contributed by atoms with van der Waals surface area (Å²) in [4.78, 5) is 12.7. The molecule has 1 spiro atoms. The lowest BCUT2D eigenvalue weighted by Gasteiger charge is -2.53. The molecule has 2 aliphatic carbocycles. The lowest BCUT2D eigenvalue weighted by molar-refractivity contribution is -0.137. The molecule has 0 unspecified atom stereocenters. The molecule has 31 heavy (non-hydrogen) atoms. The third-order valence-corrected chi connectivity index (χ3v) is 8.58. The van der Waals surface area contributed by atoms with Gasteiger partial charge in [-0.15, -0.1) is 0 Å². The van der Waals surface area contributed by atoms with Crippen molar-refractivity contribution in [3.8, 4) is 5.75 Å². The number of aromatic hydroxyl groups is 1. The number of rotatable bonds is 5. The first-order chi connectivity index (χ1) is 14.9. The highest BCUT2D eigenvalue weighted by Crippen LogP contribution is 2.70. The number of benzene rings is 2. The van der Waals surface area contributed by atoms with Gasteiger partial charge in [0.2, 0.25) is 5.91 Å². The van der Waals surface area contributed by atoms with Crippen LogP contribution in [0.15, 0.2) is 36.4 Å². The summed E-state index contributed by atoms with van der Waals surface area (Å²) in [5.74, 6) is 1.32. The number of carbonyl (C=O) groups excluding carboxylic acids is 1. The molecule has 166 valence electrons. The van der Waals surface area contributed by atoms with E-state index in [1.807, 2.05) is 24.3 Å². The fourth-order valence-corrected chi connectivity index (χ4v) is 7.08. The number of fused-ring (bicyclic) bond motifs is 2. The third kappa shape index (κ3) is 3.08. The van der Waals surface area contributed by atoms with Crippen LogP contribution in [0.25, 0.3) is 10.8 Å². The molecule has 5 heteroatoms. The first-order valence-corrected chi connectivity index (χ1v) is 11.5. The normalized spacial score (nSPS) is 33.4. The van der Waals surface area contributed by atoms with Crippen molar-refractivity contribution < 1.29 is 19.4 Å². The average Bonchev–Trinajstić information content (AvgIpc) is 3.25. The van der Waals surface area contributed by atoms with Crippen molar-refractivity contribution in [2.75, 3.05) is 20.3 Å². The summed E-state index contributed by atoms with van der Waals surface area (Å²) < 4.78 is 11.6. The zero-order chi connectivity index (χ0) is 21.8. The molecule has 2 N–H and O–H groups in total. The Morgan fingerprint density at radius 1 is 1.23 bits per heavy atom. The highest BCUT2D eigenvalue weighted by atomic mass is 16.5. The van der Waals surface area contributed by atoms with E-state index in [-0.39, 0.29) is 28.9 Å². The van der Waals surface area contributed by atoms with E-state index in [9.17, 15) is 9.90 Å². The molecule has 3 fully saturated rings. The van der Waals surface area contributed by atoms with Gasteiger partial charge in [0, 0.05) is 31.6 Å². The number of phenols is 1. The van der Waals surface area contributed by atoms with Crippen molar-refractivity contribution in [1.82, 2.24) is 5.32 Å². The van der Waals surface area contributed by atoms with E-state index in [0.29, 0.717) is 37.2 Å². The van der Waals surface area contributed by atoms with E-state index < -0.39 is 0 Å². The monoisotopic (exact) mass is 423 g/mol. The summed E-state index contributed by atoms with van der Waals surface area (Å²) in [6.07, 6.45) is 3.64. The van der Waals surface area contributed by atoms with Gasteiger partial charge in [0.05, 0.1) is 12.7 Å². The summed E-state index contributed by atoms with van der Waals surface area (Å²) in [6, 6.07) is 12.0. The van der Waals surface area contributed by atoms with Gasteiger partial charge in [-0.2, -0.15) is 0 Å². The molecule has 5 nitrogen and oxygen atoms in total. The Bertz CT molecular complexity index is 1000. The van der Waals surface area contributed by atoms with Crippen LogP contribution in [-0.4, -0.2) is 37.4 Å². The number of hydrogen-bond donors (Lipinski definition) is 2. The van der Waals surface area contributed by atoms with E-state index in [1.165, 1.54) is 0 Å². The van der Waals surface area contributed by atoms with Crippen molar-refractivity contribution in [3.63, 3.8) is 0 Å². The summed E-state index contributed by atoms with van der Waals surface area (Å²) >= 11 is 0. The summed E-state index contributed by atoms with van der Waals surface area (Å²) in [6.45, 7) is 5.79. The van der Waals surface area contributed by atoms with Crippen LogP contribution >= 0.6 is 0 Å². The van der Waals surface area contributed by atoms with Gasteiger partial charge in [0.1, 0.15) is 5.75 Å². The van der Waals surface area contributed by atoms with Crippen molar-refractivity contribution in [1.29, 1.82) is 0 Å². The highest BCUT2D eigenvalue weighted by molar-refractivity contribution is 5.91. The maximum absolute atomic E-state index is 12.7. The number of amides is 1. The van der Waals surface area contributed by atoms with Crippen LogP contribution in [0, 0.1) is 22.7 Å². The zero-order valence-electron chi connectivity index (χ0n) is 18.7. The Kier molecular flexibility index (Phi) is 5.02. The van der Waals surface area contributed by atoms with Crippen LogP contribution in [-0.2, 0) is 14.3 Å². The van der Waals surface area contributed by atoms with E-state index in [4.69, 9.17) is 9.47 Å². The van der Waals surface area contributed by atoms with Gasteiger partial charge in [-0.3, -0.25) is 4.79 Å². The molecule has 2 aromatic rings. The standard InChI is InChI=1S/C26H33NO4/c1-25(2)16-14-20-23(19-8-9-21(28)18-7-5-4-6-17(18)19)31-13-11-26(20,15-16)24(25)27-22(29)10-12-30-3/h4-9,16,20,23-24,28H,10-15H2,1-3H3,(H,27,29)/t16-,20-,23-,24-,26-/m1/s1. The van der Waals surface area contributed by atoms with E-state index in [2.05, 4.69) is 25.2 Å². The molecule has 2 bridgehead atoms. The first kappa shape index (κ1) is 20.8. The Morgan fingerprint density at radius 3 is 2.77 bits per heavy atom. The largest absolute Gasteiger partial charge is 0.507 e. The summed E-state index contributed by atoms with van der Waals surface area (Å²) in [5, 5.41) is 15.7. The van der Waals surface area contributed by atoms with Crippen LogP contribution < -0.4 is 5.32 Å². The van der Waals surface area contributed by atoms with Gasteiger partial charge >= 0.3 is 0 Å². The molecule has 5 rings (SSSR count). The second-order valence-corrected chi connectivity index (χ2v) is 10.3. The van der Waals surface area contributed by atoms with Crippen molar-refractivity contribution in [3.05, 3.63) is 42.0 Å². The van der Waals surface area contributed by atoms with Gasteiger partial charge in [-0.25, -0.2) is 0 Å². The Morgan fingerprint density at radius 2 is 2.00 bits per heavy atom. The van der Waals surface area contributed by atoms with Gasteiger partial charge in [-0.1, -0.05) is 44.2 Å². The lowest BCUT2D eigenvalue weighted by Crippen LogP contribution is -2.59. The quantitative estimate of drug-likeness (QED) is 0.739. The minimum Gasteiger partial charge on any atom is -0.507 e. The van der Waals surface area contributed by atoms with Gasteiger partial charge < -0.3 is 19.9 Å². The van der Waals surface area contributed by atoms with E-state index in [1.54, 1.807) is 13.2 Å². The minimum absolute atomic E-state index is 0.0151. The SMILES string of the molecule is COCCC(=O)N[C@@H]1C(C)(C)[C@@H]2C[C@@H]3[C@@H](c4ccc(O)c5ccccc45)OCC[C@@]31C2. The molecule has 1 aliphatic heterocycles. The van der Waals surface area contributed by atoms with Gasteiger partial charge in [0.25, 0.3) is 0 Å². The van der Waals surface area contributed by atoms with E-state index in [0.717, 1.165) is 35.6 Å². The van der Waals surface area contributed by atoms with Crippen LogP contribution in [0.2, 0.25) is 0 Å². The number of hydrogen-bond acceptors (Lipinski definition) is 4. The average molecular weight is 424 g/mol. The molecule has 0 aromatic heterocycles. The molecule has 5 atom stereocenters. The van der Waals surface area contributed by atoms with E-state index >= 15 is 0 Å². The maximum Gasteiger partial charge on any atom is 0.222 e. The van der Waals surface area contributed by atoms with Crippen molar-refractivity contribution in [2.45, 2.75) is 51.7 Å². The smallest absolute Gasteiger partial charge is 0.222 e. The predicted octanol–water partition coefficient (Wildman–Crippen LogP) is 4.58. The third-order valence-electron chi connectivity index (χ3n) is 8.58. The van der Waals surface area contributed by atoms with Gasteiger partial charge in [-0.05, 0) is 58.9 Å². The highest BCUT2D eigenvalue weighted by Gasteiger charge is 2.68. The fraction of sp³-hybridized carbons (Fsp3) is 0.577. The van der Waals surface area contributed by atoms with Crippen LogP contribution in [0.5, 0.6) is 5.75 Å². The Hall–Kier alpha value is -2.11. The van der Waals surface area contributed by atoms with Crippen molar-refractivity contribution in [2.24, 2.45) is 22.7 Å². The molecule has 1 saturated heterocycles. The predicted molar refractivity (Wildman–Crippen MR) is 120 cm³/mol. The zero-order valence-corrected chi connectivity index (χ0v) is 18.7. The summed E-state index contributed by atoms with van der Waals surface area (Å²) in [7, 11) is 1.63. The number of nitrogens with one attached hydrogen (secondary N) is 1. The Balaban J connectivity index is 1.52. The number of ether oxygens (including phenoxy) is 2. The van der Waals surface area contributed by atoms with Crippen LogP contribution in [0.4, 0.5) is 0 Å². The number of carbonyl (C=O) groups is 1. The lowest BCUT2D eigenvalue weighted by atomic mass is 9.58. The molecular weight excluding hydrogens is 390 g/mol. The first-order valence-electron chi connectivity index (χ1n) is 11.5. The maximum atomic E-state index is 12.7. The van der Waals surface area contributed by atoms with Crippen LogP contribution in [0.1, 0.15) is 51.2 Å². The molecule has 0 radical (unpaired) electrons. The number of methoxy groups -OCH3 is 1. The molecule has 1 heterocycles.